The molecule has 24 heavy (non-hydrogen) atoms. The zero-order valence-electron chi connectivity index (χ0n) is 15.0. The van der Waals surface area contributed by atoms with Crippen molar-refractivity contribution in [2.75, 3.05) is 14.2 Å². The molecular formula is C20H27N3O. The Kier molecular flexibility index (Phi) is 6.82. The van der Waals surface area contributed by atoms with E-state index in [9.17, 15) is 0 Å². The van der Waals surface area contributed by atoms with Crippen LogP contribution in [0.1, 0.15) is 27.8 Å². The van der Waals surface area contributed by atoms with Gasteiger partial charge < -0.3 is 15.4 Å². The van der Waals surface area contributed by atoms with Crippen LogP contribution in [0.15, 0.2) is 47.5 Å². The third-order valence-corrected chi connectivity index (χ3v) is 4.03. The van der Waals surface area contributed by atoms with Crippen molar-refractivity contribution in [2.24, 2.45) is 4.99 Å². The third-order valence-electron chi connectivity index (χ3n) is 4.03. The van der Waals surface area contributed by atoms with E-state index in [0.29, 0.717) is 13.2 Å². The molecule has 0 heterocycles. The van der Waals surface area contributed by atoms with E-state index in [0.717, 1.165) is 12.5 Å². The van der Waals surface area contributed by atoms with Gasteiger partial charge in [-0.25, -0.2) is 0 Å². The van der Waals surface area contributed by atoms with Crippen LogP contribution in [0.5, 0.6) is 0 Å². The summed E-state index contributed by atoms with van der Waals surface area (Å²) in [7, 11) is 3.51. The molecule has 0 saturated heterocycles. The summed E-state index contributed by atoms with van der Waals surface area (Å²) in [4.78, 5) is 4.30. The first-order chi connectivity index (χ1) is 11.6. The second-order valence-corrected chi connectivity index (χ2v) is 5.91. The molecular weight excluding hydrogens is 298 g/mol. The van der Waals surface area contributed by atoms with E-state index in [1.54, 1.807) is 14.2 Å². The molecule has 0 spiro atoms. The molecule has 0 aliphatic carbocycles. The number of nitrogens with zero attached hydrogens (tertiary/aromatic N) is 1. The van der Waals surface area contributed by atoms with Crippen molar-refractivity contribution in [3.63, 3.8) is 0 Å². The predicted molar refractivity (Wildman–Crippen MR) is 100 cm³/mol. The maximum Gasteiger partial charge on any atom is 0.191 e. The van der Waals surface area contributed by atoms with E-state index >= 15 is 0 Å². The van der Waals surface area contributed by atoms with Gasteiger partial charge in [-0.05, 0) is 36.1 Å². The Balaban J connectivity index is 1.93. The summed E-state index contributed by atoms with van der Waals surface area (Å²) in [6, 6.07) is 14.8. The lowest BCUT2D eigenvalue weighted by molar-refractivity contribution is 0.184. The molecule has 0 radical (unpaired) electrons. The highest BCUT2D eigenvalue weighted by Crippen LogP contribution is 2.11. The predicted octanol–water partition coefficient (Wildman–Crippen LogP) is 3.32. The zero-order chi connectivity index (χ0) is 17.4. The molecule has 4 heteroatoms. The van der Waals surface area contributed by atoms with E-state index < -0.39 is 0 Å². The van der Waals surface area contributed by atoms with Gasteiger partial charge in [-0.15, -0.1) is 0 Å². The fraction of sp³-hybridized carbons (Fsp3) is 0.350. The van der Waals surface area contributed by atoms with Crippen molar-refractivity contribution in [1.29, 1.82) is 0 Å². The fourth-order valence-electron chi connectivity index (χ4n) is 2.65. The first-order valence-electron chi connectivity index (χ1n) is 8.20. The second kappa shape index (κ2) is 9.08. The van der Waals surface area contributed by atoms with Gasteiger partial charge >= 0.3 is 0 Å². The van der Waals surface area contributed by atoms with Crippen LogP contribution in [0.25, 0.3) is 0 Å². The van der Waals surface area contributed by atoms with Crippen molar-refractivity contribution in [3.05, 3.63) is 70.3 Å². The standard InChI is InChI=1S/C20H27N3O/c1-15-9-10-17(16(2)11-15)12-22-20(21-3)23-13-18-7-5-6-8-19(18)14-24-4/h5-11H,12-14H2,1-4H3,(H2,21,22,23). The van der Waals surface area contributed by atoms with E-state index in [4.69, 9.17) is 4.74 Å². The van der Waals surface area contributed by atoms with Crippen LogP contribution in [0.2, 0.25) is 0 Å². The minimum absolute atomic E-state index is 0.618. The molecule has 0 saturated carbocycles. The molecule has 0 aliphatic rings. The molecule has 0 amide bonds. The van der Waals surface area contributed by atoms with E-state index in [1.807, 2.05) is 12.1 Å². The topological polar surface area (TPSA) is 45.7 Å². The van der Waals surface area contributed by atoms with Crippen LogP contribution in [0.4, 0.5) is 0 Å². The summed E-state index contributed by atoms with van der Waals surface area (Å²) < 4.78 is 5.26. The Hall–Kier alpha value is -2.33. The average Bonchev–Trinajstić information content (AvgIpc) is 2.58. The molecule has 2 N–H and O–H groups in total. The average molecular weight is 325 g/mol. The number of guanidine groups is 1. The number of rotatable bonds is 6. The number of benzene rings is 2. The van der Waals surface area contributed by atoms with Gasteiger partial charge in [-0.3, -0.25) is 4.99 Å². The van der Waals surface area contributed by atoms with Gasteiger partial charge in [0.25, 0.3) is 0 Å². The van der Waals surface area contributed by atoms with Gasteiger partial charge in [0.15, 0.2) is 5.96 Å². The highest BCUT2D eigenvalue weighted by Gasteiger charge is 2.04. The Morgan fingerprint density at radius 3 is 2.25 bits per heavy atom. The van der Waals surface area contributed by atoms with Crippen molar-refractivity contribution < 1.29 is 4.74 Å². The summed E-state index contributed by atoms with van der Waals surface area (Å²) in [5.41, 5.74) is 6.27. The smallest absolute Gasteiger partial charge is 0.191 e. The number of ether oxygens (including phenoxy) is 1. The largest absolute Gasteiger partial charge is 0.380 e. The van der Waals surface area contributed by atoms with E-state index in [2.05, 4.69) is 59.8 Å². The fourth-order valence-corrected chi connectivity index (χ4v) is 2.65. The molecule has 4 nitrogen and oxygen atoms in total. The summed E-state index contributed by atoms with van der Waals surface area (Å²) >= 11 is 0. The van der Waals surface area contributed by atoms with Crippen molar-refractivity contribution in [1.82, 2.24) is 10.6 Å². The van der Waals surface area contributed by atoms with Gasteiger partial charge in [-0.1, -0.05) is 48.0 Å². The highest BCUT2D eigenvalue weighted by molar-refractivity contribution is 5.79. The van der Waals surface area contributed by atoms with E-state index in [-0.39, 0.29) is 0 Å². The summed E-state index contributed by atoms with van der Waals surface area (Å²) in [6.45, 7) is 6.34. The Morgan fingerprint density at radius 1 is 0.958 bits per heavy atom. The first-order valence-corrected chi connectivity index (χ1v) is 8.20. The third kappa shape index (κ3) is 5.10. The number of aliphatic imine (C=N–C) groups is 1. The molecule has 0 atom stereocenters. The molecule has 0 fully saturated rings. The van der Waals surface area contributed by atoms with Gasteiger partial charge in [0.05, 0.1) is 6.61 Å². The second-order valence-electron chi connectivity index (χ2n) is 5.91. The number of nitrogens with one attached hydrogen (secondary N) is 2. The van der Waals surface area contributed by atoms with Crippen LogP contribution < -0.4 is 10.6 Å². The minimum Gasteiger partial charge on any atom is -0.380 e. The molecule has 0 aliphatic heterocycles. The monoisotopic (exact) mass is 325 g/mol. The number of aryl methyl sites for hydroxylation is 2. The molecule has 2 rings (SSSR count). The SMILES string of the molecule is CN=C(NCc1ccc(C)cc1C)NCc1ccccc1COC. The Morgan fingerprint density at radius 2 is 1.62 bits per heavy atom. The zero-order valence-corrected chi connectivity index (χ0v) is 15.0. The Bertz CT molecular complexity index is 695. The maximum atomic E-state index is 5.26. The molecule has 0 bridgehead atoms. The quantitative estimate of drug-likeness (QED) is 0.633. The highest BCUT2D eigenvalue weighted by atomic mass is 16.5. The normalized spacial score (nSPS) is 11.4. The molecule has 2 aromatic rings. The van der Waals surface area contributed by atoms with Crippen LogP contribution >= 0.6 is 0 Å². The lowest BCUT2D eigenvalue weighted by atomic mass is 10.1. The number of methoxy groups -OCH3 is 1. The van der Waals surface area contributed by atoms with Gasteiger partial charge in [0, 0.05) is 27.2 Å². The van der Waals surface area contributed by atoms with Crippen LogP contribution in [-0.2, 0) is 24.4 Å². The maximum absolute atomic E-state index is 5.26. The summed E-state index contributed by atoms with van der Waals surface area (Å²) in [6.07, 6.45) is 0. The molecule has 0 unspecified atom stereocenters. The van der Waals surface area contributed by atoms with Crippen LogP contribution in [-0.4, -0.2) is 20.1 Å². The Labute approximate surface area is 145 Å². The molecule has 2 aromatic carbocycles. The summed E-state index contributed by atoms with van der Waals surface area (Å²) in [5, 5.41) is 6.74. The first kappa shape index (κ1) is 18.0. The van der Waals surface area contributed by atoms with Gasteiger partial charge in [0.2, 0.25) is 0 Å². The summed E-state index contributed by atoms with van der Waals surface area (Å²) in [5.74, 6) is 0.794. The lowest BCUT2D eigenvalue weighted by Gasteiger charge is -2.15. The number of hydrogen-bond donors (Lipinski definition) is 2. The van der Waals surface area contributed by atoms with Crippen molar-refractivity contribution >= 4 is 5.96 Å². The molecule has 0 aromatic heterocycles. The minimum atomic E-state index is 0.618. The van der Waals surface area contributed by atoms with Crippen molar-refractivity contribution in [3.8, 4) is 0 Å². The lowest BCUT2D eigenvalue weighted by Crippen LogP contribution is -2.36. The van der Waals surface area contributed by atoms with Crippen LogP contribution in [0.3, 0.4) is 0 Å². The van der Waals surface area contributed by atoms with Crippen molar-refractivity contribution in [2.45, 2.75) is 33.5 Å². The van der Waals surface area contributed by atoms with Gasteiger partial charge in [0.1, 0.15) is 0 Å². The van der Waals surface area contributed by atoms with Gasteiger partial charge in [-0.2, -0.15) is 0 Å². The molecule has 128 valence electrons. The number of hydrogen-bond acceptors (Lipinski definition) is 2. The van der Waals surface area contributed by atoms with E-state index in [1.165, 1.54) is 27.8 Å². The van der Waals surface area contributed by atoms with Crippen LogP contribution in [0, 0.1) is 13.8 Å².